The molecule has 0 N–H and O–H groups in total. The van der Waals surface area contributed by atoms with Gasteiger partial charge in [0, 0.05) is 27.6 Å². The van der Waals surface area contributed by atoms with E-state index in [1.165, 1.54) is 6.07 Å². The van der Waals surface area contributed by atoms with Crippen molar-refractivity contribution >= 4 is 21.6 Å². The van der Waals surface area contributed by atoms with Crippen LogP contribution in [-0.4, -0.2) is 17.5 Å². The van der Waals surface area contributed by atoms with Crippen LogP contribution in [-0.2, 0) is 0 Å². The van der Waals surface area contributed by atoms with E-state index in [0.29, 0.717) is 4.60 Å². The maximum absolute atomic E-state index is 8.41. The molecule has 2 nitrogen and oxygen atoms in total. The molecule has 1 aliphatic heterocycles. The highest BCUT2D eigenvalue weighted by Gasteiger charge is 2.18. The van der Waals surface area contributed by atoms with Gasteiger partial charge in [-0.05, 0) is 54.0 Å². The van der Waals surface area contributed by atoms with E-state index in [4.69, 9.17) is 16.4 Å². The third kappa shape index (κ3) is 2.08. The second-order valence-electron chi connectivity index (χ2n) is 2.51. The number of aromatic nitrogens is 1. The number of hydrogen-bond donors (Lipinski definition) is 0. The van der Waals surface area contributed by atoms with Crippen LogP contribution in [0.25, 0.3) is 0 Å². The number of hydrogen-bond acceptors (Lipinski definition) is 2. The number of piperidine rings is 1. The zero-order chi connectivity index (χ0) is 20.6. The Balaban J connectivity index is 2.94. The molecule has 1 aliphatic rings. The second-order valence-corrected chi connectivity index (χ2v) is 3.32. The van der Waals surface area contributed by atoms with Gasteiger partial charge in [-0.15, -0.1) is 0 Å². The summed E-state index contributed by atoms with van der Waals surface area (Å²) < 4.78 is 95.7. The third-order valence-corrected chi connectivity index (χ3v) is 2.07. The summed E-state index contributed by atoms with van der Waals surface area (Å²) in [6.07, 6.45) is -9.78. The van der Waals surface area contributed by atoms with Crippen LogP contribution in [0.4, 0.5) is 5.69 Å². The standard InChI is InChI=1S/C11H15BrN2/c1-9-4-2-3-7-14(9)10-5-6-11(12)13-8-10/h5-6,8-9H,2-4,7H2,1H3/i1D3,2D2,3D2,4D2,7D2,9D. The highest BCUT2D eigenvalue weighted by Crippen LogP contribution is 2.24. The molecule has 0 bridgehead atoms. The van der Waals surface area contributed by atoms with E-state index in [0.717, 1.165) is 12.3 Å². The normalized spacial score (nSPS) is 55.6. The van der Waals surface area contributed by atoms with E-state index >= 15 is 0 Å². The first kappa shape index (κ1) is 2.97. The highest BCUT2D eigenvalue weighted by atomic mass is 79.9. The van der Waals surface area contributed by atoms with Gasteiger partial charge in [0.1, 0.15) is 4.60 Å². The van der Waals surface area contributed by atoms with Gasteiger partial charge in [0.2, 0.25) is 0 Å². The SMILES string of the molecule is [2H]C([2H])([2H])C1([2H])N(c2ccc(Br)nc2)C([2H])([2H])C([2H])([2H])C([2H])([2H])C1([2H])[2H]. The molecule has 1 aromatic rings. The van der Waals surface area contributed by atoms with Gasteiger partial charge in [-0.2, -0.15) is 0 Å². The molecular formula is C11H15BrN2. The summed E-state index contributed by atoms with van der Waals surface area (Å²) >= 11 is 3.04. The monoisotopic (exact) mass is 266 g/mol. The van der Waals surface area contributed by atoms with Crippen molar-refractivity contribution in [2.45, 2.75) is 32.0 Å². The fourth-order valence-electron chi connectivity index (χ4n) is 0.980. The molecule has 0 aliphatic carbocycles. The van der Waals surface area contributed by atoms with E-state index in [-0.39, 0.29) is 10.6 Å². The fraction of sp³-hybridized carbons (Fsp3) is 0.545. The van der Waals surface area contributed by atoms with Crippen LogP contribution in [0.3, 0.4) is 0 Å². The number of nitrogens with zero attached hydrogens (tertiary/aromatic N) is 2. The molecule has 3 heteroatoms. The van der Waals surface area contributed by atoms with Gasteiger partial charge in [0.05, 0.1) is 13.3 Å². The minimum absolute atomic E-state index is 0.133. The van der Waals surface area contributed by atoms with Gasteiger partial charge in [-0.3, -0.25) is 0 Å². The number of halogens is 1. The van der Waals surface area contributed by atoms with E-state index in [9.17, 15) is 0 Å². The molecule has 0 radical (unpaired) electrons. The van der Waals surface area contributed by atoms with E-state index < -0.39 is 38.5 Å². The number of anilines is 1. The van der Waals surface area contributed by atoms with Gasteiger partial charge in [0.15, 0.2) is 0 Å². The number of rotatable bonds is 1. The van der Waals surface area contributed by atoms with Crippen molar-refractivity contribution in [1.82, 2.24) is 4.98 Å². The van der Waals surface area contributed by atoms with E-state index in [1.807, 2.05) is 0 Å². The second kappa shape index (κ2) is 4.30. The molecule has 0 spiro atoms. The van der Waals surface area contributed by atoms with Crippen molar-refractivity contribution in [3.05, 3.63) is 22.9 Å². The Morgan fingerprint density at radius 1 is 1.71 bits per heavy atom. The van der Waals surface area contributed by atoms with Crippen molar-refractivity contribution in [1.29, 1.82) is 0 Å². The third-order valence-electron chi connectivity index (χ3n) is 1.60. The predicted molar refractivity (Wildman–Crippen MR) is 62.6 cm³/mol. The Bertz CT molecular complexity index is 700. The Morgan fingerprint density at radius 3 is 3.36 bits per heavy atom. The van der Waals surface area contributed by atoms with Gasteiger partial charge < -0.3 is 4.90 Å². The van der Waals surface area contributed by atoms with Crippen molar-refractivity contribution in [2.75, 3.05) is 11.4 Å². The number of pyridine rings is 1. The van der Waals surface area contributed by atoms with Crippen LogP contribution in [0.15, 0.2) is 22.9 Å². The lowest BCUT2D eigenvalue weighted by atomic mass is 10.0. The van der Waals surface area contributed by atoms with Gasteiger partial charge in [-0.25, -0.2) is 4.98 Å². The summed E-state index contributed by atoms with van der Waals surface area (Å²) in [5, 5.41) is 0. The van der Waals surface area contributed by atoms with Gasteiger partial charge in [0.25, 0.3) is 0 Å². The average molecular weight is 267 g/mol. The molecule has 1 atom stereocenters. The maximum Gasteiger partial charge on any atom is 0.106 e. The molecular weight excluding hydrogens is 240 g/mol. The molecule has 1 fully saturated rings. The van der Waals surface area contributed by atoms with Crippen molar-refractivity contribution < 1.29 is 16.4 Å². The quantitative estimate of drug-likeness (QED) is 0.726. The Labute approximate surface area is 110 Å². The molecule has 2 heterocycles. The van der Waals surface area contributed by atoms with E-state index in [1.54, 1.807) is 0 Å². The van der Waals surface area contributed by atoms with Crippen LogP contribution in [0.5, 0.6) is 0 Å². The minimum atomic E-state index is -3.63. The lowest BCUT2D eigenvalue weighted by Crippen LogP contribution is -2.37. The van der Waals surface area contributed by atoms with Crippen LogP contribution in [0.1, 0.15) is 42.4 Å². The summed E-state index contributed by atoms with van der Waals surface area (Å²) in [7, 11) is 0. The summed E-state index contributed by atoms with van der Waals surface area (Å²) in [6, 6.07) is -1.04. The summed E-state index contributed by atoms with van der Waals surface area (Å²) in [5.74, 6) is 0. The fourth-order valence-corrected chi connectivity index (χ4v) is 1.21. The largest absolute Gasteiger partial charge is 0.368 e. The molecule has 14 heavy (non-hydrogen) atoms. The smallest absolute Gasteiger partial charge is 0.106 e. The van der Waals surface area contributed by atoms with Crippen LogP contribution < -0.4 is 4.90 Å². The average Bonchev–Trinajstić information content (AvgIpc) is 2.46. The Morgan fingerprint density at radius 2 is 2.64 bits per heavy atom. The van der Waals surface area contributed by atoms with Crippen LogP contribution in [0.2, 0.25) is 0 Å². The summed E-state index contributed by atoms with van der Waals surface area (Å²) in [6.45, 7) is -6.91. The Hall–Kier alpha value is -0.570. The van der Waals surface area contributed by atoms with Gasteiger partial charge in [-0.1, -0.05) is 0 Å². The van der Waals surface area contributed by atoms with Crippen molar-refractivity contribution in [3.8, 4) is 0 Å². The molecule has 0 saturated carbocycles. The lowest BCUT2D eigenvalue weighted by Gasteiger charge is -2.35. The van der Waals surface area contributed by atoms with Crippen molar-refractivity contribution in [3.63, 3.8) is 0 Å². The topological polar surface area (TPSA) is 16.1 Å². The Kier molecular flexibility index (Phi) is 0.913. The highest BCUT2D eigenvalue weighted by molar-refractivity contribution is 9.10. The predicted octanol–water partition coefficient (Wildman–Crippen LogP) is 3.22. The first-order chi connectivity index (χ1) is 11.4. The zero-order valence-corrected chi connectivity index (χ0v) is 8.59. The zero-order valence-electron chi connectivity index (χ0n) is 19.0. The first-order valence-electron chi connectivity index (χ1n) is 9.79. The summed E-state index contributed by atoms with van der Waals surface area (Å²) in [5.41, 5.74) is -0.368. The van der Waals surface area contributed by atoms with Gasteiger partial charge >= 0.3 is 0 Å². The molecule has 1 unspecified atom stereocenters. The molecule has 76 valence electrons. The maximum atomic E-state index is 8.41. The van der Waals surface area contributed by atoms with Crippen LogP contribution in [0, 0.1) is 0 Å². The molecule has 1 aromatic heterocycles. The molecule has 2 rings (SSSR count). The summed E-state index contributed by atoms with van der Waals surface area (Å²) in [4.78, 5) is 3.93. The molecule has 0 amide bonds. The lowest BCUT2D eigenvalue weighted by molar-refractivity contribution is 0.484. The first-order valence-corrected chi connectivity index (χ1v) is 4.58. The minimum Gasteiger partial charge on any atom is -0.368 e. The molecule has 0 aromatic carbocycles. The van der Waals surface area contributed by atoms with Crippen molar-refractivity contribution in [2.24, 2.45) is 0 Å². The van der Waals surface area contributed by atoms with Crippen LogP contribution >= 0.6 is 15.9 Å². The van der Waals surface area contributed by atoms with E-state index in [2.05, 4.69) is 20.9 Å². The molecule has 1 saturated heterocycles.